The van der Waals surface area contributed by atoms with Crippen LogP contribution >= 0.6 is 0 Å². The molecule has 1 aromatic rings. The Kier molecular flexibility index (Phi) is 5.55. The number of alkyl halides is 3. The number of hydrogen-bond acceptors (Lipinski definition) is 7. The van der Waals surface area contributed by atoms with E-state index in [4.69, 9.17) is 0 Å². The smallest absolute Gasteiger partial charge is 0.462 e. The van der Waals surface area contributed by atoms with E-state index in [0.29, 0.717) is 6.26 Å². The van der Waals surface area contributed by atoms with Crippen molar-refractivity contribution >= 4 is 25.9 Å². The summed E-state index contributed by atoms with van der Waals surface area (Å²) in [6.45, 7) is 2.47. The highest BCUT2D eigenvalue weighted by Gasteiger charge is 2.49. The van der Waals surface area contributed by atoms with Gasteiger partial charge in [0, 0.05) is 11.8 Å². The average molecular weight is 390 g/mol. The van der Waals surface area contributed by atoms with Crippen molar-refractivity contribution in [2.24, 2.45) is 0 Å². The van der Waals surface area contributed by atoms with Crippen LogP contribution in [0.15, 0.2) is 17.0 Å². The Morgan fingerprint density at radius 2 is 1.71 bits per heavy atom. The Labute approximate surface area is 136 Å². The summed E-state index contributed by atoms with van der Waals surface area (Å²) >= 11 is 0. The summed E-state index contributed by atoms with van der Waals surface area (Å²) in [5, 5.41) is 0. The third-order valence-electron chi connectivity index (χ3n) is 2.74. The van der Waals surface area contributed by atoms with E-state index in [2.05, 4.69) is 8.92 Å². The van der Waals surface area contributed by atoms with Crippen LogP contribution in [-0.2, 0) is 24.7 Å². The monoisotopic (exact) mass is 390 g/mol. The standard InChI is InChI=1S/C12H13F3O7S2/c1-4-21-11(16)8-5-6-9(23(3,17)18)10(7(8)2)22-24(19,20)12(13,14)15/h5-6H,4H2,1-3H3. The Balaban J connectivity index is 3.65. The number of ether oxygens (including phenoxy) is 1. The summed E-state index contributed by atoms with van der Waals surface area (Å²) in [4.78, 5) is 10.9. The van der Waals surface area contributed by atoms with Gasteiger partial charge >= 0.3 is 21.6 Å². The van der Waals surface area contributed by atoms with Gasteiger partial charge in [-0.3, -0.25) is 0 Å². The number of esters is 1. The normalized spacial score (nSPS) is 12.8. The number of benzene rings is 1. The van der Waals surface area contributed by atoms with Crippen molar-refractivity contribution in [3.05, 3.63) is 23.3 Å². The molecule has 0 heterocycles. The lowest BCUT2D eigenvalue weighted by molar-refractivity contribution is -0.0501. The van der Waals surface area contributed by atoms with Gasteiger partial charge in [0.15, 0.2) is 15.6 Å². The number of halogens is 3. The van der Waals surface area contributed by atoms with Gasteiger partial charge in [-0.25, -0.2) is 13.2 Å². The predicted molar refractivity (Wildman–Crippen MR) is 75.8 cm³/mol. The van der Waals surface area contributed by atoms with Gasteiger partial charge in [-0.15, -0.1) is 0 Å². The van der Waals surface area contributed by atoms with Crippen molar-refractivity contribution in [1.82, 2.24) is 0 Å². The number of carbonyl (C=O) groups excluding carboxylic acids is 1. The zero-order valence-electron chi connectivity index (χ0n) is 12.7. The van der Waals surface area contributed by atoms with Crippen molar-refractivity contribution in [3.63, 3.8) is 0 Å². The molecule has 1 aromatic carbocycles. The Morgan fingerprint density at radius 1 is 1.17 bits per heavy atom. The van der Waals surface area contributed by atoms with Gasteiger partial charge in [-0.05, 0) is 26.0 Å². The maximum Gasteiger partial charge on any atom is 0.534 e. The molecular weight excluding hydrogens is 377 g/mol. The van der Waals surface area contributed by atoms with Crippen molar-refractivity contribution in [2.45, 2.75) is 24.3 Å². The second kappa shape index (κ2) is 6.59. The molecule has 136 valence electrons. The fraction of sp³-hybridized carbons (Fsp3) is 0.417. The molecule has 0 aliphatic heterocycles. The average Bonchev–Trinajstić information content (AvgIpc) is 2.38. The maximum atomic E-state index is 12.5. The second-order valence-electron chi connectivity index (χ2n) is 4.54. The fourth-order valence-corrected chi connectivity index (χ4v) is 3.08. The third-order valence-corrected chi connectivity index (χ3v) is 4.81. The lowest BCUT2D eigenvalue weighted by Crippen LogP contribution is -2.29. The van der Waals surface area contributed by atoms with E-state index in [-0.39, 0.29) is 12.2 Å². The summed E-state index contributed by atoms with van der Waals surface area (Å²) in [7, 11) is -10.3. The van der Waals surface area contributed by atoms with Gasteiger partial charge < -0.3 is 8.92 Å². The van der Waals surface area contributed by atoms with E-state index in [1.807, 2.05) is 0 Å². The number of rotatable bonds is 5. The van der Waals surface area contributed by atoms with E-state index in [1.165, 1.54) is 6.92 Å². The Morgan fingerprint density at radius 3 is 2.12 bits per heavy atom. The highest BCUT2D eigenvalue weighted by atomic mass is 32.2. The second-order valence-corrected chi connectivity index (χ2v) is 8.06. The van der Waals surface area contributed by atoms with Gasteiger partial charge in [0.1, 0.15) is 4.90 Å². The van der Waals surface area contributed by atoms with Crippen LogP contribution in [0.5, 0.6) is 5.75 Å². The van der Waals surface area contributed by atoms with E-state index in [0.717, 1.165) is 19.1 Å². The molecular formula is C12H13F3O7S2. The minimum absolute atomic E-state index is 0.0524. The molecule has 12 heteroatoms. The fourth-order valence-electron chi connectivity index (χ4n) is 1.65. The number of hydrogen-bond donors (Lipinski definition) is 0. The molecule has 0 N–H and O–H groups in total. The van der Waals surface area contributed by atoms with Crippen molar-refractivity contribution in [3.8, 4) is 5.75 Å². The first-order valence-electron chi connectivity index (χ1n) is 6.24. The number of carbonyl (C=O) groups is 1. The molecule has 1 rings (SSSR count). The van der Waals surface area contributed by atoms with E-state index >= 15 is 0 Å². The SMILES string of the molecule is CCOC(=O)c1ccc(S(C)(=O)=O)c(OS(=O)(=O)C(F)(F)F)c1C. The summed E-state index contributed by atoms with van der Waals surface area (Å²) in [6, 6.07) is 1.77. The largest absolute Gasteiger partial charge is 0.534 e. The molecule has 0 aliphatic rings. The van der Waals surface area contributed by atoms with E-state index in [9.17, 15) is 34.8 Å². The summed E-state index contributed by atoms with van der Waals surface area (Å²) < 4.78 is 91.9. The summed E-state index contributed by atoms with van der Waals surface area (Å²) in [5.41, 5.74) is -6.51. The van der Waals surface area contributed by atoms with Crippen LogP contribution in [0.1, 0.15) is 22.8 Å². The highest BCUT2D eigenvalue weighted by Crippen LogP contribution is 2.35. The van der Waals surface area contributed by atoms with Gasteiger partial charge in [-0.1, -0.05) is 0 Å². The topological polar surface area (TPSA) is 104 Å². The molecule has 0 saturated heterocycles. The first kappa shape index (κ1) is 20.2. The molecule has 24 heavy (non-hydrogen) atoms. The third kappa shape index (κ3) is 4.17. The molecule has 0 bridgehead atoms. The highest BCUT2D eigenvalue weighted by molar-refractivity contribution is 7.91. The first-order chi connectivity index (χ1) is 10.7. The first-order valence-corrected chi connectivity index (χ1v) is 9.54. The van der Waals surface area contributed by atoms with Crippen molar-refractivity contribution < 1.29 is 43.7 Å². The molecule has 0 saturated carbocycles. The van der Waals surface area contributed by atoms with Crippen LogP contribution in [0, 0.1) is 6.92 Å². The molecule has 0 unspecified atom stereocenters. The molecule has 0 atom stereocenters. The quantitative estimate of drug-likeness (QED) is 0.429. The molecule has 7 nitrogen and oxygen atoms in total. The van der Waals surface area contributed by atoms with Crippen LogP contribution in [0.3, 0.4) is 0 Å². The lowest BCUT2D eigenvalue weighted by Gasteiger charge is -2.16. The molecule has 0 aliphatic carbocycles. The summed E-state index contributed by atoms with van der Waals surface area (Å²) in [5.74, 6) is -2.07. The van der Waals surface area contributed by atoms with Crippen LogP contribution < -0.4 is 4.18 Å². The minimum atomic E-state index is -6.13. The van der Waals surface area contributed by atoms with Gasteiger partial charge in [0.05, 0.1) is 12.2 Å². The molecule has 0 aromatic heterocycles. The van der Waals surface area contributed by atoms with Crippen LogP contribution in [0.2, 0.25) is 0 Å². The molecule has 0 fully saturated rings. The molecule has 0 amide bonds. The molecule has 0 spiro atoms. The zero-order valence-corrected chi connectivity index (χ0v) is 14.3. The summed E-state index contributed by atoms with van der Waals surface area (Å²) in [6.07, 6.45) is 0.652. The van der Waals surface area contributed by atoms with Crippen LogP contribution in [0.4, 0.5) is 13.2 Å². The molecule has 0 radical (unpaired) electrons. The van der Waals surface area contributed by atoms with Crippen molar-refractivity contribution in [2.75, 3.05) is 12.9 Å². The lowest BCUT2D eigenvalue weighted by atomic mass is 10.1. The van der Waals surface area contributed by atoms with Gasteiger partial charge in [0.2, 0.25) is 0 Å². The van der Waals surface area contributed by atoms with Crippen LogP contribution in [0.25, 0.3) is 0 Å². The predicted octanol–water partition coefficient (Wildman–Crippen LogP) is 1.80. The van der Waals surface area contributed by atoms with E-state index in [1.54, 1.807) is 0 Å². The maximum absolute atomic E-state index is 12.5. The Bertz CT molecular complexity index is 855. The van der Waals surface area contributed by atoms with Gasteiger partial charge in [0.25, 0.3) is 0 Å². The number of sulfone groups is 1. The minimum Gasteiger partial charge on any atom is -0.462 e. The van der Waals surface area contributed by atoms with Crippen molar-refractivity contribution in [1.29, 1.82) is 0 Å². The van der Waals surface area contributed by atoms with E-state index < -0.39 is 47.6 Å². The van der Waals surface area contributed by atoms with Crippen LogP contribution in [-0.4, -0.2) is 41.2 Å². The van der Waals surface area contributed by atoms with Gasteiger partial charge in [-0.2, -0.15) is 21.6 Å². The Hall–Kier alpha value is -1.82. The zero-order chi connectivity index (χ0) is 18.9.